The van der Waals surface area contributed by atoms with Crippen LogP contribution in [-0.2, 0) is 4.79 Å². The molecule has 146 valence electrons. The fourth-order valence-corrected chi connectivity index (χ4v) is 5.26. The molecule has 1 aliphatic rings. The number of fused-ring (bicyclic) bond motifs is 1. The molecule has 6 heteroatoms. The van der Waals surface area contributed by atoms with E-state index in [1.807, 2.05) is 35.2 Å². The van der Waals surface area contributed by atoms with E-state index in [-0.39, 0.29) is 11.9 Å². The van der Waals surface area contributed by atoms with Crippen LogP contribution in [0.15, 0.2) is 48.5 Å². The van der Waals surface area contributed by atoms with Crippen LogP contribution in [0.25, 0.3) is 10.2 Å². The molecule has 1 amide bonds. The van der Waals surface area contributed by atoms with Gasteiger partial charge < -0.3 is 10.2 Å². The van der Waals surface area contributed by atoms with Gasteiger partial charge in [0.25, 0.3) is 5.91 Å². The Morgan fingerprint density at radius 3 is 2.68 bits per heavy atom. The van der Waals surface area contributed by atoms with Crippen LogP contribution in [-0.4, -0.2) is 35.4 Å². The molecule has 2 heterocycles. The van der Waals surface area contributed by atoms with Crippen molar-refractivity contribution in [3.8, 4) is 0 Å². The molecule has 2 N–H and O–H groups in total. The molecule has 28 heavy (non-hydrogen) atoms. The van der Waals surface area contributed by atoms with Crippen LogP contribution in [0.2, 0.25) is 5.02 Å². The Bertz CT molecular complexity index is 932. The van der Waals surface area contributed by atoms with Crippen molar-refractivity contribution >= 4 is 39.1 Å². The van der Waals surface area contributed by atoms with E-state index in [0.717, 1.165) is 42.0 Å². The Labute approximate surface area is 174 Å². The molecule has 3 aromatic rings. The summed E-state index contributed by atoms with van der Waals surface area (Å²) in [7, 11) is 0. The molecule has 1 saturated heterocycles. The SMILES string of the molecule is C[C@@H]([NH2+]CC(=O)N1CCC(c2nc3ccccc3s2)CC1)c1ccccc1Cl. The van der Waals surface area contributed by atoms with Crippen LogP contribution in [0.5, 0.6) is 0 Å². The van der Waals surface area contributed by atoms with Gasteiger partial charge in [-0.15, -0.1) is 11.3 Å². The summed E-state index contributed by atoms with van der Waals surface area (Å²) in [5, 5.41) is 4.05. The number of nitrogens with two attached hydrogens (primary N) is 1. The number of carbonyl (C=O) groups excluding carboxylic acids is 1. The van der Waals surface area contributed by atoms with Crippen molar-refractivity contribution in [1.29, 1.82) is 0 Å². The zero-order valence-electron chi connectivity index (χ0n) is 16.0. The standard InChI is InChI=1S/C22H24ClN3OS/c1-15(17-6-2-3-7-18(17)23)24-14-21(27)26-12-10-16(11-13-26)22-25-19-8-4-5-9-20(19)28-22/h2-9,15-16,24H,10-14H2,1H3/p+1/t15-/m1/s1. The van der Waals surface area contributed by atoms with Gasteiger partial charge in [-0.25, -0.2) is 4.98 Å². The number of hydrogen-bond donors (Lipinski definition) is 1. The highest BCUT2D eigenvalue weighted by Crippen LogP contribution is 2.33. The number of thiazole rings is 1. The normalized spacial score (nSPS) is 16.4. The summed E-state index contributed by atoms with van der Waals surface area (Å²) in [6, 6.07) is 16.3. The highest BCUT2D eigenvalue weighted by Gasteiger charge is 2.27. The smallest absolute Gasteiger partial charge is 0.277 e. The van der Waals surface area contributed by atoms with E-state index in [1.54, 1.807) is 11.3 Å². The molecule has 0 unspecified atom stereocenters. The van der Waals surface area contributed by atoms with Crippen molar-refractivity contribution < 1.29 is 10.1 Å². The zero-order valence-corrected chi connectivity index (χ0v) is 17.5. The molecular formula is C22H25ClN3OS+. The highest BCUT2D eigenvalue weighted by molar-refractivity contribution is 7.18. The van der Waals surface area contributed by atoms with Crippen molar-refractivity contribution in [2.75, 3.05) is 19.6 Å². The predicted octanol–water partition coefficient (Wildman–Crippen LogP) is 3.98. The van der Waals surface area contributed by atoms with Gasteiger partial charge in [0, 0.05) is 29.6 Å². The number of carbonyl (C=O) groups is 1. The predicted molar refractivity (Wildman–Crippen MR) is 115 cm³/mol. The average molecular weight is 415 g/mol. The van der Waals surface area contributed by atoms with Crippen LogP contribution in [0.4, 0.5) is 0 Å². The number of amides is 1. The number of likely N-dealkylation sites (tertiary alicyclic amines) is 1. The summed E-state index contributed by atoms with van der Waals surface area (Å²) in [4.78, 5) is 19.5. The lowest BCUT2D eigenvalue weighted by molar-refractivity contribution is -0.683. The summed E-state index contributed by atoms with van der Waals surface area (Å²) < 4.78 is 1.25. The minimum absolute atomic E-state index is 0.165. The van der Waals surface area contributed by atoms with E-state index in [4.69, 9.17) is 16.6 Å². The fraction of sp³-hybridized carbons (Fsp3) is 0.364. The van der Waals surface area contributed by atoms with Crippen LogP contribution >= 0.6 is 22.9 Å². The molecule has 1 aromatic heterocycles. The quantitative estimate of drug-likeness (QED) is 0.686. The van der Waals surface area contributed by atoms with Crippen LogP contribution in [0.1, 0.15) is 42.3 Å². The fourth-order valence-electron chi connectivity index (χ4n) is 3.82. The minimum atomic E-state index is 0.165. The van der Waals surface area contributed by atoms with Crippen molar-refractivity contribution in [2.24, 2.45) is 0 Å². The Morgan fingerprint density at radius 2 is 1.93 bits per heavy atom. The minimum Gasteiger partial charge on any atom is -0.338 e. The first-order valence-corrected chi connectivity index (χ1v) is 11.0. The number of hydrogen-bond acceptors (Lipinski definition) is 3. The van der Waals surface area contributed by atoms with Gasteiger partial charge in [0.2, 0.25) is 0 Å². The van der Waals surface area contributed by atoms with Gasteiger partial charge in [-0.05, 0) is 38.0 Å². The number of para-hydroxylation sites is 1. The number of piperidine rings is 1. The van der Waals surface area contributed by atoms with E-state index < -0.39 is 0 Å². The Hall–Kier alpha value is -1.95. The molecule has 0 radical (unpaired) electrons. The topological polar surface area (TPSA) is 49.8 Å². The number of nitrogens with zero attached hydrogens (tertiary/aromatic N) is 2. The second-order valence-corrected chi connectivity index (χ2v) is 8.89. The Morgan fingerprint density at radius 1 is 1.21 bits per heavy atom. The van der Waals surface area contributed by atoms with E-state index in [0.29, 0.717) is 12.5 Å². The zero-order chi connectivity index (χ0) is 19.5. The highest BCUT2D eigenvalue weighted by atomic mass is 35.5. The summed E-state index contributed by atoms with van der Waals surface area (Å²) in [6.45, 7) is 4.17. The molecule has 0 saturated carbocycles. The van der Waals surface area contributed by atoms with Crippen molar-refractivity contribution in [2.45, 2.75) is 31.7 Å². The van der Waals surface area contributed by atoms with Crippen LogP contribution < -0.4 is 5.32 Å². The van der Waals surface area contributed by atoms with Gasteiger partial charge in [0.05, 0.1) is 15.2 Å². The van der Waals surface area contributed by atoms with Crippen molar-refractivity contribution in [3.63, 3.8) is 0 Å². The maximum Gasteiger partial charge on any atom is 0.277 e. The molecule has 0 spiro atoms. The third-order valence-electron chi connectivity index (χ3n) is 5.55. The average Bonchev–Trinajstić information content (AvgIpc) is 3.16. The number of benzene rings is 2. The third-order valence-corrected chi connectivity index (χ3v) is 7.09. The van der Waals surface area contributed by atoms with E-state index in [2.05, 4.69) is 30.4 Å². The molecule has 4 rings (SSSR count). The first-order chi connectivity index (χ1) is 13.6. The monoisotopic (exact) mass is 414 g/mol. The largest absolute Gasteiger partial charge is 0.338 e. The Kier molecular flexibility index (Phi) is 5.95. The summed E-state index contributed by atoms with van der Waals surface area (Å²) in [6.07, 6.45) is 1.98. The van der Waals surface area contributed by atoms with Gasteiger partial charge >= 0.3 is 0 Å². The summed E-state index contributed by atoms with van der Waals surface area (Å²) >= 11 is 8.06. The first kappa shape index (κ1) is 19.4. The third kappa shape index (κ3) is 4.22. The van der Waals surface area contributed by atoms with Crippen molar-refractivity contribution in [1.82, 2.24) is 9.88 Å². The van der Waals surface area contributed by atoms with Crippen LogP contribution in [0.3, 0.4) is 0 Å². The van der Waals surface area contributed by atoms with E-state index in [9.17, 15) is 4.79 Å². The molecule has 2 aromatic carbocycles. The van der Waals surface area contributed by atoms with Gasteiger partial charge in [-0.2, -0.15) is 0 Å². The lowest BCUT2D eigenvalue weighted by atomic mass is 9.97. The second-order valence-electron chi connectivity index (χ2n) is 7.42. The number of quaternary nitrogens is 1. The van der Waals surface area contributed by atoms with Gasteiger partial charge in [0.1, 0.15) is 6.04 Å². The number of halogens is 1. The molecule has 0 bridgehead atoms. The number of aromatic nitrogens is 1. The van der Waals surface area contributed by atoms with Crippen molar-refractivity contribution in [3.05, 3.63) is 64.1 Å². The lowest BCUT2D eigenvalue weighted by Crippen LogP contribution is -2.87. The Balaban J connectivity index is 1.29. The van der Waals surface area contributed by atoms with E-state index >= 15 is 0 Å². The van der Waals surface area contributed by atoms with Gasteiger partial charge in [-0.3, -0.25) is 4.79 Å². The summed E-state index contributed by atoms with van der Waals surface area (Å²) in [5.41, 5.74) is 2.16. The first-order valence-electron chi connectivity index (χ1n) is 9.83. The second kappa shape index (κ2) is 8.60. The maximum absolute atomic E-state index is 12.7. The molecule has 1 atom stereocenters. The summed E-state index contributed by atoms with van der Waals surface area (Å²) in [5.74, 6) is 0.675. The molecule has 0 aliphatic carbocycles. The van der Waals surface area contributed by atoms with Crippen LogP contribution in [0, 0.1) is 0 Å². The molecule has 1 fully saturated rings. The van der Waals surface area contributed by atoms with Gasteiger partial charge in [0.15, 0.2) is 6.54 Å². The van der Waals surface area contributed by atoms with E-state index in [1.165, 1.54) is 9.71 Å². The lowest BCUT2D eigenvalue weighted by Gasteiger charge is -2.30. The molecule has 1 aliphatic heterocycles. The number of rotatable bonds is 5. The van der Waals surface area contributed by atoms with Gasteiger partial charge in [-0.1, -0.05) is 41.9 Å². The maximum atomic E-state index is 12.7. The molecule has 4 nitrogen and oxygen atoms in total. The molecular weight excluding hydrogens is 390 g/mol.